The maximum atomic E-state index is 4.29. The average Bonchev–Trinajstić information content (AvgIpc) is 3.40. The Labute approximate surface area is 241 Å². The largest absolute Gasteiger partial charge is 0.361 e. The third kappa shape index (κ3) is 4.65. The Morgan fingerprint density at radius 1 is 0.875 bits per heavy atom. The number of thiophene rings is 1. The lowest BCUT2D eigenvalue weighted by atomic mass is 9.80. The van der Waals surface area contributed by atoms with Crippen molar-refractivity contribution >= 4 is 51.9 Å². The Morgan fingerprint density at radius 3 is 2.35 bits per heavy atom. The molecule has 5 rings (SSSR count). The molecule has 40 heavy (non-hydrogen) atoms. The molecule has 0 spiro atoms. The highest BCUT2D eigenvalue weighted by Gasteiger charge is 2.37. The molecule has 0 saturated carbocycles. The Bertz CT molecular complexity index is 1870. The van der Waals surface area contributed by atoms with Crippen molar-refractivity contribution in [2.75, 3.05) is 0 Å². The summed E-state index contributed by atoms with van der Waals surface area (Å²) in [5, 5.41) is 5.58. The van der Waals surface area contributed by atoms with Crippen molar-refractivity contribution < 1.29 is 0 Å². The van der Waals surface area contributed by atoms with E-state index in [2.05, 4.69) is 107 Å². The van der Waals surface area contributed by atoms with Crippen molar-refractivity contribution in [1.29, 1.82) is 0 Å². The van der Waals surface area contributed by atoms with Crippen molar-refractivity contribution in [3.05, 3.63) is 148 Å². The molecule has 1 aliphatic rings. The Kier molecular flexibility index (Phi) is 7.47. The fourth-order valence-corrected chi connectivity index (χ4v) is 6.81. The van der Waals surface area contributed by atoms with Crippen molar-refractivity contribution in [3.8, 4) is 11.1 Å². The van der Waals surface area contributed by atoms with Crippen LogP contribution in [0.3, 0.4) is 0 Å². The van der Waals surface area contributed by atoms with Crippen LogP contribution in [0.25, 0.3) is 51.7 Å². The standard InChI is InChI=1S/C38H35NS/c1-8-28-27(24-33-36(29(28)9-2)31-21-20-25(4)23-32(31)38(33,6)7)17-13-11-12-16-22-39-34(10-3)37-26(5)30-18-14-15-19-35(30)40-37/h8-24,39H,1-3,5H2,4,6-7H3/b12-11-,17-13-,22-16+,37-34-. The monoisotopic (exact) mass is 537 g/mol. The molecule has 0 bridgehead atoms. The van der Waals surface area contributed by atoms with Gasteiger partial charge in [0, 0.05) is 16.3 Å². The number of allylic oxidation sites excluding steroid dienone is 4. The first-order valence-electron chi connectivity index (χ1n) is 13.5. The minimum Gasteiger partial charge on any atom is -0.361 e. The third-order valence-corrected chi connectivity index (χ3v) is 8.98. The SMILES string of the molecule is C=C/C(N/C=C/C=C\C=C/c1cc2c(c(C=C)c1C=C)-c1ccc(C)cc1C2(C)C)=c1/sc2ccccc2c1=C. The smallest absolute Gasteiger partial charge is 0.0584 e. The average molecular weight is 538 g/mol. The van der Waals surface area contributed by atoms with E-state index in [1.807, 2.05) is 48.7 Å². The summed E-state index contributed by atoms with van der Waals surface area (Å²) in [4.78, 5) is 0. The minimum atomic E-state index is -0.0807. The molecule has 0 amide bonds. The van der Waals surface area contributed by atoms with E-state index >= 15 is 0 Å². The zero-order valence-electron chi connectivity index (χ0n) is 23.6. The second-order valence-electron chi connectivity index (χ2n) is 10.6. The van der Waals surface area contributed by atoms with Gasteiger partial charge in [0.1, 0.15) is 0 Å². The van der Waals surface area contributed by atoms with Gasteiger partial charge in [-0.2, -0.15) is 0 Å². The number of nitrogens with one attached hydrogen (secondary N) is 1. The number of rotatable bonds is 8. The van der Waals surface area contributed by atoms with Crippen LogP contribution in [-0.2, 0) is 5.41 Å². The molecule has 0 fully saturated rings. The van der Waals surface area contributed by atoms with Crippen LogP contribution >= 0.6 is 11.3 Å². The van der Waals surface area contributed by atoms with Gasteiger partial charge in [-0.25, -0.2) is 0 Å². The molecule has 4 aromatic rings. The second-order valence-corrected chi connectivity index (χ2v) is 11.6. The molecule has 1 aliphatic carbocycles. The zero-order chi connectivity index (χ0) is 28.4. The molecule has 0 radical (unpaired) electrons. The van der Waals surface area contributed by atoms with Gasteiger partial charge in [-0.15, -0.1) is 11.3 Å². The summed E-state index contributed by atoms with van der Waals surface area (Å²) in [7, 11) is 0. The highest BCUT2D eigenvalue weighted by atomic mass is 32.1. The lowest BCUT2D eigenvalue weighted by Gasteiger charge is -2.23. The topological polar surface area (TPSA) is 12.0 Å². The van der Waals surface area contributed by atoms with Crippen LogP contribution in [-0.4, -0.2) is 0 Å². The van der Waals surface area contributed by atoms with Crippen LogP contribution in [0.2, 0.25) is 0 Å². The van der Waals surface area contributed by atoms with Gasteiger partial charge in [0.2, 0.25) is 0 Å². The first-order valence-corrected chi connectivity index (χ1v) is 14.3. The minimum absolute atomic E-state index is 0.0807. The predicted molar refractivity (Wildman–Crippen MR) is 180 cm³/mol. The molecular formula is C38H35NS. The molecule has 3 aromatic carbocycles. The highest BCUT2D eigenvalue weighted by Crippen LogP contribution is 2.52. The maximum absolute atomic E-state index is 4.29. The highest BCUT2D eigenvalue weighted by molar-refractivity contribution is 7.17. The maximum Gasteiger partial charge on any atom is 0.0584 e. The van der Waals surface area contributed by atoms with E-state index in [9.17, 15) is 0 Å². The van der Waals surface area contributed by atoms with Crippen LogP contribution in [0.5, 0.6) is 0 Å². The van der Waals surface area contributed by atoms with Crippen molar-refractivity contribution in [3.63, 3.8) is 0 Å². The summed E-state index contributed by atoms with van der Waals surface area (Å²) in [6, 6.07) is 17.4. The van der Waals surface area contributed by atoms with Gasteiger partial charge < -0.3 is 5.32 Å². The van der Waals surface area contributed by atoms with Gasteiger partial charge in [-0.1, -0.05) is 119 Å². The molecule has 2 heteroatoms. The van der Waals surface area contributed by atoms with Crippen LogP contribution in [0.4, 0.5) is 0 Å². The summed E-state index contributed by atoms with van der Waals surface area (Å²) in [5.41, 5.74) is 10.8. The lowest BCUT2D eigenvalue weighted by Crippen LogP contribution is -2.24. The van der Waals surface area contributed by atoms with E-state index in [0.717, 1.165) is 32.1 Å². The number of hydrogen-bond donors (Lipinski definition) is 1. The molecule has 1 heterocycles. The molecular weight excluding hydrogens is 502 g/mol. The Hall–Kier alpha value is -4.40. The van der Waals surface area contributed by atoms with Crippen LogP contribution in [0.15, 0.2) is 105 Å². The molecule has 0 saturated heterocycles. The van der Waals surface area contributed by atoms with Gasteiger partial charge in [0.15, 0.2) is 0 Å². The number of benzene rings is 3. The lowest BCUT2D eigenvalue weighted by molar-refractivity contribution is 0.659. The normalized spacial score (nSPS) is 14.6. The van der Waals surface area contributed by atoms with E-state index in [-0.39, 0.29) is 5.41 Å². The van der Waals surface area contributed by atoms with Gasteiger partial charge in [0.05, 0.1) is 10.2 Å². The van der Waals surface area contributed by atoms with Crippen LogP contribution in [0.1, 0.15) is 47.2 Å². The fraction of sp³-hybridized carbons (Fsp3) is 0.105. The van der Waals surface area contributed by atoms with E-state index in [0.29, 0.717) is 0 Å². The van der Waals surface area contributed by atoms with Gasteiger partial charge in [-0.3, -0.25) is 0 Å². The number of aryl methyl sites for hydroxylation is 1. The summed E-state index contributed by atoms with van der Waals surface area (Å²) in [6.45, 7) is 23.4. The quantitative estimate of drug-likeness (QED) is 0.221. The van der Waals surface area contributed by atoms with Gasteiger partial charge >= 0.3 is 0 Å². The van der Waals surface area contributed by atoms with Crippen LogP contribution in [0, 0.1) is 6.92 Å². The first-order chi connectivity index (χ1) is 19.3. The van der Waals surface area contributed by atoms with Gasteiger partial charge in [-0.05, 0) is 80.8 Å². The van der Waals surface area contributed by atoms with Crippen LogP contribution < -0.4 is 15.1 Å². The predicted octanol–water partition coefficient (Wildman–Crippen LogP) is 8.88. The third-order valence-electron chi connectivity index (χ3n) is 7.73. The van der Waals surface area contributed by atoms with E-state index in [1.54, 1.807) is 11.3 Å². The van der Waals surface area contributed by atoms with Crippen molar-refractivity contribution in [1.82, 2.24) is 5.32 Å². The summed E-state index contributed by atoms with van der Waals surface area (Å²) < 4.78 is 2.33. The van der Waals surface area contributed by atoms with E-state index < -0.39 is 0 Å². The van der Waals surface area contributed by atoms with Gasteiger partial charge in [0.25, 0.3) is 0 Å². The number of fused-ring (bicyclic) bond motifs is 4. The molecule has 0 aliphatic heterocycles. The summed E-state index contributed by atoms with van der Waals surface area (Å²) in [5.74, 6) is 0. The van der Waals surface area contributed by atoms with Crippen molar-refractivity contribution in [2.45, 2.75) is 26.2 Å². The van der Waals surface area contributed by atoms with E-state index in [4.69, 9.17) is 0 Å². The molecule has 0 atom stereocenters. The van der Waals surface area contributed by atoms with Crippen molar-refractivity contribution in [2.24, 2.45) is 0 Å². The molecule has 0 unspecified atom stereocenters. The first kappa shape index (κ1) is 27.2. The molecule has 198 valence electrons. The summed E-state index contributed by atoms with van der Waals surface area (Å²) in [6.07, 6.45) is 17.9. The zero-order valence-corrected chi connectivity index (χ0v) is 24.4. The summed E-state index contributed by atoms with van der Waals surface area (Å²) >= 11 is 1.73. The Morgan fingerprint density at radius 2 is 1.62 bits per heavy atom. The van der Waals surface area contributed by atoms with E-state index in [1.165, 1.54) is 37.9 Å². The number of hydrogen-bond acceptors (Lipinski definition) is 2. The second kappa shape index (κ2) is 11.0. The fourth-order valence-electron chi connectivity index (χ4n) is 5.65. The molecule has 1 N–H and O–H groups in total. The Balaban J connectivity index is 1.40. The molecule has 1 aromatic heterocycles. The molecule has 1 nitrogen and oxygen atoms in total.